The van der Waals surface area contributed by atoms with Gasteiger partial charge in [-0.1, -0.05) is 11.6 Å². The molecular formula is C18H16ClFN2O4. The van der Waals surface area contributed by atoms with E-state index in [9.17, 15) is 9.18 Å². The van der Waals surface area contributed by atoms with Gasteiger partial charge in [0, 0.05) is 6.20 Å². The van der Waals surface area contributed by atoms with Gasteiger partial charge in [-0.2, -0.15) is 0 Å². The number of allylic oxidation sites excluding steroid dienone is 2. The lowest BCUT2D eigenvalue weighted by molar-refractivity contribution is 0.0697. The van der Waals surface area contributed by atoms with Crippen LogP contribution in [0.2, 0.25) is 0 Å². The maximum Gasteiger partial charge on any atom is 0.335 e. The summed E-state index contributed by atoms with van der Waals surface area (Å²) in [6, 6.07) is 11.3. The van der Waals surface area contributed by atoms with E-state index in [1.807, 2.05) is 0 Å². The average molecular weight is 379 g/mol. The lowest BCUT2D eigenvalue weighted by Gasteiger charge is -2.13. The van der Waals surface area contributed by atoms with Crippen LogP contribution in [0.15, 0.2) is 71.5 Å². The fraction of sp³-hybridized carbons (Fsp3) is 0.0556. The van der Waals surface area contributed by atoms with Crippen molar-refractivity contribution in [2.24, 2.45) is 5.73 Å². The van der Waals surface area contributed by atoms with Gasteiger partial charge in [0.2, 0.25) is 0 Å². The number of hydrogen-bond acceptors (Lipinski definition) is 5. The van der Waals surface area contributed by atoms with Crippen molar-refractivity contribution in [3.8, 4) is 11.5 Å². The number of hydrogen-bond donors (Lipinski definition) is 3. The summed E-state index contributed by atoms with van der Waals surface area (Å²) in [5.41, 5.74) is 8.59. The number of carboxylic acid groups (broad SMARTS) is 1. The second-order valence-corrected chi connectivity index (χ2v) is 5.43. The van der Waals surface area contributed by atoms with E-state index in [4.69, 9.17) is 32.0 Å². The molecule has 8 heteroatoms. The second-order valence-electron chi connectivity index (χ2n) is 5.00. The highest BCUT2D eigenvalue weighted by Crippen LogP contribution is 2.15. The minimum Gasteiger partial charge on any atom is -0.487 e. The molecule has 26 heavy (non-hydrogen) atoms. The fourth-order valence-electron chi connectivity index (χ4n) is 1.80. The van der Waals surface area contributed by atoms with E-state index in [1.54, 1.807) is 0 Å². The highest BCUT2D eigenvalue weighted by Gasteiger charge is 2.05. The summed E-state index contributed by atoms with van der Waals surface area (Å²) < 4.78 is 18.4. The van der Waals surface area contributed by atoms with E-state index >= 15 is 0 Å². The van der Waals surface area contributed by atoms with Gasteiger partial charge in [-0.25, -0.2) is 14.7 Å². The Morgan fingerprint density at radius 2 is 1.77 bits per heavy atom. The van der Waals surface area contributed by atoms with Crippen LogP contribution in [-0.2, 0) is 0 Å². The molecule has 0 saturated carbocycles. The molecule has 0 heterocycles. The molecule has 0 unspecified atom stereocenters. The number of halogens is 2. The zero-order chi connectivity index (χ0) is 18.9. The van der Waals surface area contributed by atoms with Crippen LogP contribution >= 0.6 is 11.6 Å². The van der Waals surface area contributed by atoms with Crippen molar-refractivity contribution in [3.05, 3.63) is 82.9 Å². The molecule has 2 aromatic rings. The van der Waals surface area contributed by atoms with Crippen molar-refractivity contribution in [1.29, 1.82) is 0 Å². The third kappa shape index (κ3) is 6.03. The SMILES string of the molecule is N/C=C(Cl)\C=C(/COc1ccc(F)cc1)NOc1ccc(C(=O)O)cc1. The highest BCUT2D eigenvalue weighted by atomic mass is 35.5. The van der Waals surface area contributed by atoms with Gasteiger partial charge >= 0.3 is 5.97 Å². The fourth-order valence-corrected chi connectivity index (χ4v) is 1.93. The largest absolute Gasteiger partial charge is 0.487 e. The third-order valence-corrected chi connectivity index (χ3v) is 3.32. The summed E-state index contributed by atoms with van der Waals surface area (Å²) >= 11 is 5.89. The first-order chi connectivity index (χ1) is 12.5. The van der Waals surface area contributed by atoms with Crippen molar-refractivity contribution in [2.45, 2.75) is 0 Å². The second kappa shape index (κ2) is 9.33. The quantitative estimate of drug-likeness (QED) is 0.481. The van der Waals surface area contributed by atoms with Gasteiger partial charge in [0.05, 0.1) is 16.3 Å². The van der Waals surface area contributed by atoms with Gasteiger partial charge < -0.3 is 20.4 Å². The van der Waals surface area contributed by atoms with Crippen LogP contribution in [0.25, 0.3) is 0 Å². The Labute approximate surface area is 154 Å². The number of nitrogens with one attached hydrogen (secondary N) is 1. The van der Waals surface area contributed by atoms with Gasteiger partial charge in [-0.15, -0.1) is 0 Å². The Kier molecular flexibility index (Phi) is 6.87. The van der Waals surface area contributed by atoms with Gasteiger partial charge in [-0.05, 0) is 54.6 Å². The zero-order valence-corrected chi connectivity index (χ0v) is 14.2. The monoisotopic (exact) mass is 378 g/mol. The first-order valence-electron chi connectivity index (χ1n) is 7.40. The third-order valence-electron chi connectivity index (χ3n) is 3.08. The normalized spacial score (nSPS) is 11.8. The van der Waals surface area contributed by atoms with E-state index < -0.39 is 5.97 Å². The van der Waals surface area contributed by atoms with Crippen molar-refractivity contribution < 1.29 is 23.9 Å². The van der Waals surface area contributed by atoms with Crippen LogP contribution in [0.1, 0.15) is 10.4 Å². The Balaban J connectivity index is 2.01. The zero-order valence-electron chi connectivity index (χ0n) is 13.5. The van der Waals surface area contributed by atoms with Crippen LogP contribution in [0.5, 0.6) is 11.5 Å². The maximum absolute atomic E-state index is 12.9. The summed E-state index contributed by atoms with van der Waals surface area (Å²) in [7, 11) is 0. The molecule has 4 N–H and O–H groups in total. The van der Waals surface area contributed by atoms with Gasteiger partial charge in [0.15, 0.2) is 5.75 Å². The summed E-state index contributed by atoms with van der Waals surface area (Å²) in [6.07, 6.45) is 2.69. The van der Waals surface area contributed by atoms with Crippen molar-refractivity contribution in [1.82, 2.24) is 5.48 Å². The molecule has 136 valence electrons. The lowest BCUT2D eigenvalue weighted by atomic mass is 10.2. The molecule has 0 aliphatic rings. The molecule has 0 aliphatic heterocycles. The van der Waals surface area contributed by atoms with Gasteiger partial charge in [0.25, 0.3) is 0 Å². The Bertz CT molecular complexity index is 805. The first kappa shape index (κ1) is 19.1. The summed E-state index contributed by atoms with van der Waals surface area (Å²) in [5.74, 6) is -0.556. The molecule has 0 aliphatic carbocycles. The number of aromatic carboxylic acids is 1. The summed E-state index contributed by atoms with van der Waals surface area (Å²) in [4.78, 5) is 16.2. The molecule has 0 spiro atoms. The predicted molar refractivity (Wildman–Crippen MR) is 95.3 cm³/mol. The molecule has 0 amide bonds. The van der Waals surface area contributed by atoms with Crippen LogP contribution in [0.3, 0.4) is 0 Å². The molecule has 0 bridgehead atoms. The number of ether oxygens (including phenoxy) is 1. The molecule has 0 saturated heterocycles. The van der Waals surface area contributed by atoms with Crippen LogP contribution in [0.4, 0.5) is 4.39 Å². The minimum atomic E-state index is -1.03. The summed E-state index contributed by atoms with van der Waals surface area (Å²) in [6.45, 7) is 0.0445. The van der Waals surface area contributed by atoms with E-state index in [0.717, 1.165) is 0 Å². The van der Waals surface area contributed by atoms with E-state index in [0.29, 0.717) is 17.2 Å². The molecule has 0 radical (unpaired) electrons. The molecule has 0 aromatic heterocycles. The molecule has 0 atom stereocenters. The van der Waals surface area contributed by atoms with Crippen molar-refractivity contribution in [2.75, 3.05) is 6.61 Å². The number of hydroxylamine groups is 1. The van der Waals surface area contributed by atoms with Crippen molar-refractivity contribution in [3.63, 3.8) is 0 Å². The lowest BCUT2D eigenvalue weighted by Crippen LogP contribution is -2.22. The molecule has 0 fully saturated rings. The van der Waals surface area contributed by atoms with E-state index in [1.165, 1.54) is 60.8 Å². The van der Waals surface area contributed by atoms with Crippen LogP contribution in [-0.4, -0.2) is 17.7 Å². The molecule has 2 rings (SSSR count). The number of rotatable bonds is 8. The first-order valence-corrected chi connectivity index (χ1v) is 7.78. The Morgan fingerprint density at radius 1 is 1.15 bits per heavy atom. The Morgan fingerprint density at radius 3 is 2.35 bits per heavy atom. The number of carboxylic acids is 1. The van der Waals surface area contributed by atoms with E-state index in [2.05, 4.69) is 5.48 Å². The maximum atomic E-state index is 12.9. The minimum absolute atomic E-state index is 0.0445. The summed E-state index contributed by atoms with van der Waals surface area (Å²) in [5, 5.41) is 9.13. The van der Waals surface area contributed by atoms with Crippen molar-refractivity contribution >= 4 is 17.6 Å². The molecular weight excluding hydrogens is 363 g/mol. The molecule has 6 nitrogen and oxygen atoms in total. The topological polar surface area (TPSA) is 93.8 Å². The standard InChI is InChI=1S/C18H16ClFN2O4/c19-13(10-21)9-15(11-25-16-7-3-14(20)4-8-16)22-26-17-5-1-12(2-6-17)18(23)24/h1-10,22H,11,21H2,(H,23,24)/b13-10+,15-9+. The average Bonchev–Trinajstić information content (AvgIpc) is 2.65. The van der Waals surface area contributed by atoms with E-state index in [-0.39, 0.29) is 23.0 Å². The smallest absolute Gasteiger partial charge is 0.335 e. The number of benzene rings is 2. The van der Waals surface area contributed by atoms with Crippen LogP contribution in [0, 0.1) is 5.82 Å². The van der Waals surface area contributed by atoms with Crippen LogP contribution < -0.4 is 20.8 Å². The molecule has 2 aromatic carbocycles. The van der Waals surface area contributed by atoms with Gasteiger partial charge in [0.1, 0.15) is 18.2 Å². The number of nitrogens with two attached hydrogens (primary N) is 1. The predicted octanol–water partition coefficient (Wildman–Crippen LogP) is 3.41. The number of carbonyl (C=O) groups is 1. The highest BCUT2D eigenvalue weighted by molar-refractivity contribution is 6.31. The van der Waals surface area contributed by atoms with Gasteiger partial charge in [-0.3, -0.25) is 0 Å². The Hall–Kier alpha value is -3.19.